The van der Waals surface area contributed by atoms with Crippen LogP contribution in [0, 0.1) is 0 Å². The second-order valence-electron chi connectivity index (χ2n) is 10.8. The molecule has 0 spiro atoms. The van der Waals surface area contributed by atoms with Gasteiger partial charge in [-0.1, -0.05) is 99.6 Å². The van der Waals surface area contributed by atoms with Crippen LogP contribution in [0.5, 0.6) is 0 Å². The van der Waals surface area contributed by atoms with Gasteiger partial charge in [0.2, 0.25) is 0 Å². The van der Waals surface area contributed by atoms with Gasteiger partial charge in [-0.3, -0.25) is 0 Å². The number of aryl methyl sites for hydroxylation is 1. The molecule has 4 aromatic carbocycles. The summed E-state index contributed by atoms with van der Waals surface area (Å²) in [6.07, 6.45) is -0.344. The summed E-state index contributed by atoms with van der Waals surface area (Å²) in [6.45, 7) is 13.4. The van der Waals surface area contributed by atoms with Gasteiger partial charge in [-0.25, -0.2) is 0 Å². The fourth-order valence-electron chi connectivity index (χ4n) is 5.56. The van der Waals surface area contributed by atoms with E-state index in [1.807, 2.05) is 6.92 Å². The van der Waals surface area contributed by atoms with Crippen molar-refractivity contribution in [2.24, 2.45) is 0 Å². The van der Waals surface area contributed by atoms with Crippen LogP contribution >= 0.6 is 0 Å². The van der Waals surface area contributed by atoms with Gasteiger partial charge in [0.25, 0.3) is 0 Å². The molecule has 1 nitrogen and oxygen atoms in total. The fraction of sp³-hybridized carbons (Fsp3) is 0.273. The van der Waals surface area contributed by atoms with Crippen molar-refractivity contribution < 1.29 is 1.37 Å². The van der Waals surface area contributed by atoms with E-state index in [0.29, 0.717) is 0 Å². The second-order valence-corrected chi connectivity index (χ2v) is 10.8. The zero-order chi connectivity index (χ0) is 25.0. The van der Waals surface area contributed by atoms with Crippen LogP contribution in [0.2, 0.25) is 0 Å². The van der Waals surface area contributed by atoms with Gasteiger partial charge in [0.1, 0.15) is 0 Å². The summed E-state index contributed by atoms with van der Waals surface area (Å²) in [5.74, 6) is 0. The molecule has 0 heterocycles. The van der Waals surface area contributed by atoms with Gasteiger partial charge in [-0.2, -0.15) is 0 Å². The minimum atomic E-state index is -0.344. The average molecular weight is 447 g/mol. The molecule has 1 heteroatoms. The van der Waals surface area contributed by atoms with Gasteiger partial charge in [-0.05, 0) is 72.7 Å². The van der Waals surface area contributed by atoms with E-state index >= 15 is 0 Å². The number of benzene rings is 4. The number of para-hydroxylation sites is 1. The minimum Gasteiger partial charge on any atom is -0.335 e. The Bertz CT molecular complexity index is 1380. The molecular weight excluding hydrogens is 410 g/mol. The molecule has 0 fully saturated rings. The number of anilines is 2. The SMILES string of the molecule is [2H]C(C)c1cc2c(cc1N(c1ccccc1-c1ccccc1)C(C)(C)C)-c1ccccc1C2(C)C. The quantitative estimate of drug-likeness (QED) is 0.302. The first-order chi connectivity index (χ1) is 16.6. The van der Waals surface area contributed by atoms with Crippen molar-refractivity contribution >= 4 is 11.4 Å². The first-order valence-electron chi connectivity index (χ1n) is 12.8. The van der Waals surface area contributed by atoms with Crippen LogP contribution in [0.1, 0.15) is 59.6 Å². The molecule has 0 amide bonds. The van der Waals surface area contributed by atoms with Crippen LogP contribution < -0.4 is 4.90 Å². The zero-order valence-electron chi connectivity index (χ0n) is 22.2. The third kappa shape index (κ3) is 3.55. The van der Waals surface area contributed by atoms with E-state index in [2.05, 4.69) is 131 Å². The fourth-order valence-corrected chi connectivity index (χ4v) is 5.56. The summed E-state index contributed by atoms with van der Waals surface area (Å²) < 4.78 is 8.86. The maximum atomic E-state index is 8.86. The number of nitrogens with zero attached hydrogens (tertiary/aromatic N) is 1. The molecule has 0 aromatic heterocycles. The normalized spacial score (nSPS) is 15.3. The highest BCUT2D eigenvalue weighted by molar-refractivity contribution is 5.89. The van der Waals surface area contributed by atoms with Crippen molar-refractivity contribution in [3.05, 3.63) is 108 Å². The third-order valence-electron chi connectivity index (χ3n) is 7.18. The van der Waals surface area contributed by atoms with Crippen LogP contribution in [0.3, 0.4) is 0 Å². The van der Waals surface area contributed by atoms with Crippen molar-refractivity contribution in [3.63, 3.8) is 0 Å². The summed E-state index contributed by atoms with van der Waals surface area (Å²) in [6, 6.07) is 32.7. The van der Waals surface area contributed by atoms with Gasteiger partial charge in [0, 0.05) is 29.3 Å². The van der Waals surface area contributed by atoms with Gasteiger partial charge >= 0.3 is 0 Å². The van der Waals surface area contributed by atoms with Crippen LogP contribution in [-0.4, -0.2) is 5.54 Å². The lowest BCUT2D eigenvalue weighted by molar-refractivity contribution is 0.559. The standard InChI is InChI=1S/C33H35N/c1-7-23-21-29-27(26-18-11-13-19-28(26)33(29,5)6)22-31(23)34(32(2,3)4)30-20-14-12-17-25(30)24-15-9-8-10-16-24/h8-22H,7H2,1-6H3/i7D. The first-order valence-corrected chi connectivity index (χ1v) is 12.3. The van der Waals surface area contributed by atoms with Crippen LogP contribution in [0.15, 0.2) is 91.0 Å². The Kier molecular flexibility index (Phi) is 5.10. The molecule has 1 aliphatic rings. The predicted octanol–water partition coefficient (Wildman–Crippen LogP) is 9.16. The number of hydrogen-bond acceptors (Lipinski definition) is 1. The van der Waals surface area contributed by atoms with E-state index < -0.39 is 0 Å². The average Bonchev–Trinajstić information content (AvgIpc) is 3.05. The van der Waals surface area contributed by atoms with Crippen molar-refractivity contribution in [3.8, 4) is 22.3 Å². The van der Waals surface area contributed by atoms with Crippen LogP contribution in [-0.2, 0) is 11.8 Å². The molecule has 1 aliphatic carbocycles. The summed E-state index contributed by atoms with van der Waals surface area (Å²) in [7, 11) is 0. The van der Waals surface area contributed by atoms with E-state index in [-0.39, 0.29) is 17.4 Å². The lowest BCUT2D eigenvalue weighted by atomic mass is 9.81. The zero-order valence-corrected chi connectivity index (χ0v) is 21.2. The van der Waals surface area contributed by atoms with E-state index in [1.54, 1.807) is 0 Å². The number of hydrogen-bond donors (Lipinski definition) is 0. The third-order valence-corrected chi connectivity index (χ3v) is 7.18. The summed E-state index contributed by atoms with van der Waals surface area (Å²) >= 11 is 0. The largest absolute Gasteiger partial charge is 0.335 e. The molecule has 172 valence electrons. The van der Waals surface area contributed by atoms with Crippen LogP contribution in [0.25, 0.3) is 22.3 Å². The highest BCUT2D eigenvalue weighted by Gasteiger charge is 2.37. The smallest absolute Gasteiger partial charge is 0.0495 e. The van der Waals surface area contributed by atoms with Crippen molar-refractivity contribution in [1.82, 2.24) is 0 Å². The minimum absolute atomic E-state index is 0.0807. The van der Waals surface area contributed by atoms with Crippen LogP contribution in [0.4, 0.5) is 11.4 Å². The van der Waals surface area contributed by atoms with Gasteiger partial charge in [0.05, 0.1) is 0 Å². The van der Waals surface area contributed by atoms with Gasteiger partial charge in [0.15, 0.2) is 0 Å². The van der Waals surface area contributed by atoms with E-state index in [9.17, 15) is 0 Å². The monoisotopic (exact) mass is 446 g/mol. The molecule has 5 rings (SSSR count). The topological polar surface area (TPSA) is 3.24 Å². The maximum absolute atomic E-state index is 8.86. The van der Waals surface area contributed by atoms with E-state index in [1.165, 1.54) is 39.1 Å². The van der Waals surface area contributed by atoms with E-state index in [0.717, 1.165) is 11.3 Å². The molecule has 34 heavy (non-hydrogen) atoms. The molecule has 0 N–H and O–H groups in total. The highest BCUT2D eigenvalue weighted by Crippen LogP contribution is 2.52. The molecule has 1 unspecified atom stereocenters. The number of fused-ring (bicyclic) bond motifs is 3. The van der Waals surface area contributed by atoms with Crippen molar-refractivity contribution in [2.75, 3.05) is 4.90 Å². The van der Waals surface area contributed by atoms with Gasteiger partial charge in [-0.15, -0.1) is 0 Å². The Labute approximate surface area is 206 Å². The Morgan fingerprint density at radius 1 is 0.706 bits per heavy atom. The molecular formula is C33H35N. The molecule has 0 aliphatic heterocycles. The van der Waals surface area contributed by atoms with Gasteiger partial charge < -0.3 is 4.90 Å². The Hall–Kier alpha value is -3.32. The predicted molar refractivity (Wildman–Crippen MR) is 147 cm³/mol. The summed E-state index contributed by atoms with van der Waals surface area (Å²) in [5, 5.41) is 0. The summed E-state index contributed by atoms with van der Waals surface area (Å²) in [5.41, 5.74) is 10.8. The highest BCUT2D eigenvalue weighted by atomic mass is 15.2. The first kappa shape index (κ1) is 21.2. The molecule has 0 bridgehead atoms. The Morgan fingerprint density at radius 2 is 1.32 bits per heavy atom. The molecule has 0 saturated heterocycles. The molecule has 0 radical (unpaired) electrons. The Balaban J connectivity index is 1.81. The molecule has 4 aromatic rings. The lowest BCUT2D eigenvalue weighted by Crippen LogP contribution is -2.38. The molecule has 1 atom stereocenters. The van der Waals surface area contributed by atoms with Crippen molar-refractivity contribution in [1.29, 1.82) is 0 Å². The van der Waals surface area contributed by atoms with Crippen molar-refractivity contribution in [2.45, 2.75) is 58.9 Å². The van der Waals surface area contributed by atoms with E-state index in [4.69, 9.17) is 1.37 Å². The second kappa shape index (κ2) is 8.17. The Morgan fingerprint density at radius 3 is 2.00 bits per heavy atom. The molecule has 0 saturated carbocycles. The number of rotatable bonds is 4. The maximum Gasteiger partial charge on any atom is 0.0495 e. The summed E-state index contributed by atoms with van der Waals surface area (Å²) in [4.78, 5) is 2.45. The lowest BCUT2D eigenvalue weighted by Gasteiger charge is -2.40.